The van der Waals surface area contributed by atoms with E-state index in [1.165, 1.54) is 16.9 Å². The maximum absolute atomic E-state index is 12.4. The Balaban J connectivity index is 1.30. The molecule has 1 aromatic rings. The molecule has 0 unspecified atom stereocenters. The average molecular weight is 401 g/mol. The highest BCUT2D eigenvalue weighted by molar-refractivity contribution is 5.78. The van der Waals surface area contributed by atoms with Gasteiger partial charge in [0.05, 0.1) is 5.54 Å². The van der Waals surface area contributed by atoms with Crippen molar-refractivity contribution in [2.45, 2.75) is 49.2 Å². The molecular formula is C22H32N4O3. The largest absolute Gasteiger partial charge is 0.465 e. The van der Waals surface area contributed by atoms with E-state index in [1.807, 2.05) is 0 Å². The van der Waals surface area contributed by atoms with Gasteiger partial charge in [-0.05, 0) is 24.8 Å². The molecule has 2 N–H and O–H groups in total. The third-order valence-electron chi connectivity index (χ3n) is 6.85. The molecule has 2 atom stereocenters. The van der Waals surface area contributed by atoms with Crippen molar-refractivity contribution in [3.8, 4) is 0 Å². The maximum atomic E-state index is 12.4. The summed E-state index contributed by atoms with van der Waals surface area (Å²) in [5.41, 5.74) is 1.09. The van der Waals surface area contributed by atoms with Crippen LogP contribution in [-0.4, -0.2) is 89.7 Å². The Hall–Kier alpha value is -2.12. The lowest BCUT2D eigenvalue weighted by molar-refractivity contribution is -0.137. The Morgan fingerprint density at radius 2 is 1.83 bits per heavy atom. The molecule has 1 aliphatic carbocycles. The van der Waals surface area contributed by atoms with Crippen molar-refractivity contribution in [1.29, 1.82) is 0 Å². The minimum Gasteiger partial charge on any atom is -0.465 e. The number of hydrogen-bond donors (Lipinski definition) is 2. The molecule has 2 aliphatic heterocycles. The molecule has 4 rings (SSSR count). The molecule has 0 spiro atoms. The lowest BCUT2D eigenvalue weighted by Gasteiger charge is -2.56. The van der Waals surface area contributed by atoms with Crippen molar-refractivity contribution in [2.24, 2.45) is 0 Å². The normalized spacial score (nSPS) is 26.6. The van der Waals surface area contributed by atoms with Gasteiger partial charge in [0, 0.05) is 64.7 Å². The zero-order valence-corrected chi connectivity index (χ0v) is 17.4. The fourth-order valence-electron chi connectivity index (χ4n) is 4.93. The summed E-state index contributed by atoms with van der Waals surface area (Å²) in [4.78, 5) is 29.1. The standard InChI is InChI=1S/C22H32N4O3/c1-24(2)20(27)13-22(14-25(15-22)21(28)29)26-10-8-17(9-11-26)23-19-12-18(19)16-6-4-3-5-7-16/h3-7,17-19,23H,8-15H2,1-2H3,(H,28,29)/t18-,19+/m0/s1. The highest BCUT2D eigenvalue weighted by Gasteiger charge is 2.51. The first-order valence-corrected chi connectivity index (χ1v) is 10.6. The van der Waals surface area contributed by atoms with E-state index < -0.39 is 6.09 Å². The molecule has 0 radical (unpaired) electrons. The Labute approximate surface area is 172 Å². The molecule has 0 bridgehead atoms. The highest BCUT2D eigenvalue weighted by atomic mass is 16.4. The van der Waals surface area contributed by atoms with Gasteiger partial charge >= 0.3 is 6.09 Å². The summed E-state index contributed by atoms with van der Waals surface area (Å²) < 4.78 is 0. The van der Waals surface area contributed by atoms with E-state index in [2.05, 4.69) is 40.5 Å². The number of carboxylic acid groups (broad SMARTS) is 1. The number of nitrogens with one attached hydrogen (secondary N) is 1. The Bertz CT molecular complexity index is 740. The van der Waals surface area contributed by atoms with Gasteiger partial charge in [0.25, 0.3) is 0 Å². The van der Waals surface area contributed by atoms with E-state index >= 15 is 0 Å². The fraction of sp³-hybridized carbons (Fsp3) is 0.636. The fourth-order valence-corrected chi connectivity index (χ4v) is 4.93. The molecule has 0 aromatic heterocycles. The molecule has 158 valence electrons. The van der Waals surface area contributed by atoms with Crippen molar-refractivity contribution < 1.29 is 14.7 Å². The number of rotatable bonds is 6. The predicted molar refractivity (Wildman–Crippen MR) is 111 cm³/mol. The molecule has 7 nitrogen and oxygen atoms in total. The number of piperidine rings is 1. The first-order valence-electron chi connectivity index (χ1n) is 10.6. The van der Waals surface area contributed by atoms with E-state index in [4.69, 9.17) is 0 Å². The van der Waals surface area contributed by atoms with Crippen LogP contribution >= 0.6 is 0 Å². The lowest BCUT2D eigenvalue weighted by Crippen LogP contribution is -2.73. The highest BCUT2D eigenvalue weighted by Crippen LogP contribution is 2.41. The van der Waals surface area contributed by atoms with E-state index in [-0.39, 0.29) is 11.4 Å². The second-order valence-electron chi connectivity index (χ2n) is 9.12. The van der Waals surface area contributed by atoms with Gasteiger partial charge in [0.2, 0.25) is 5.91 Å². The van der Waals surface area contributed by atoms with Crippen LogP contribution in [0.4, 0.5) is 4.79 Å². The number of hydrogen-bond acceptors (Lipinski definition) is 4. The average Bonchev–Trinajstić information content (AvgIpc) is 3.44. The summed E-state index contributed by atoms with van der Waals surface area (Å²) in [5, 5.41) is 13.1. The minimum atomic E-state index is -0.893. The van der Waals surface area contributed by atoms with E-state index in [1.54, 1.807) is 19.0 Å². The van der Waals surface area contributed by atoms with Gasteiger partial charge < -0.3 is 20.2 Å². The molecule has 2 heterocycles. The Kier molecular flexibility index (Phi) is 5.53. The van der Waals surface area contributed by atoms with Gasteiger partial charge in [-0.25, -0.2) is 4.79 Å². The summed E-state index contributed by atoms with van der Waals surface area (Å²) in [6, 6.07) is 11.8. The molecule has 7 heteroatoms. The summed E-state index contributed by atoms with van der Waals surface area (Å²) in [7, 11) is 3.53. The topological polar surface area (TPSA) is 76.1 Å². The number of nitrogens with zero attached hydrogens (tertiary/aromatic N) is 3. The molecule has 2 amide bonds. The second kappa shape index (κ2) is 7.95. The summed E-state index contributed by atoms with van der Waals surface area (Å²) >= 11 is 0. The van der Waals surface area contributed by atoms with Crippen LogP contribution in [-0.2, 0) is 4.79 Å². The van der Waals surface area contributed by atoms with Crippen LogP contribution in [0.1, 0.15) is 37.2 Å². The summed E-state index contributed by atoms with van der Waals surface area (Å²) in [6.45, 7) is 2.68. The van der Waals surface area contributed by atoms with E-state index in [9.17, 15) is 14.7 Å². The van der Waals surface area contributed by atoms with Gasteiger partial charge in [-0.2, -0.15) is 0 Å². The second-order valence-corrected chi connectivity index (χ2v) is 9.12. The van der Waals surface area contributed by atoms with Crippen LogP contribution in [0.2, 0.25) is 0 Å². The molecule has 29 heavy (non-hydrogen) atoms. The molecular weight excluding hydrogens is 368 g/mol. The lowest BCUT2D eigenvalue weighted by atomic mass is 9.82. The van der Waals surface area contributed by atoms with Crippen LogP contribution in [0, 0.1) is 0 Å². The monoisotopic (exact) mass is 400 g/mol. The van der Waals surface area contributed by atoms with Gasteiger partial charge in [-0.3, -0.25) is 9.69 Å². The van der Waals surface area contributed by atoms with Gasteiger partial charge in [-0.1, -0.05) is 30.3 Å². The molecule has 3 aliphatic rings. The van der Waals surface area contributed by atoms with Crippen LogP contribution < -0.4 is 5.32 Å². The van der Waals surface area contributed by atoms with E-state index in [0.29, 0.717) is 37.5 Å². The Morgan fingerprint density at radius 3 is 2.41 bits per heavy atom. The maximum Gasteiger partial charge on any atom is 0.407 e. The first kappa shape index (κ1) is 20.2. The smallest absolute Gasteiger partial charge is 0.407 e. The third kappa shape index (κ3) is 4.26. The number of amides is 2. The predicted octanol–water partition coefficient (Wildman–Crippen LogP) is 1.81. The zero-order chi connectivity index (χ0) is 20.6. The number of carbonyl (C=O) groups is 2. The van der Waals surface area contributed by atoms with Crippen LogP contribution in [0.3, 0.4) is 0 Å². The van der Waals surface area contributed by atoms with Gasteiger partial charge in [-0.15, -0.1) is 0 Å². The number of benzene rings is 1. The van der Waals surface area contributed by atoms with Crippen LogP contribution in [0.15, 0.2) is 30.3 Å². The summed E-state index contributed by atoms with van der Waals surface area (Å²) in [6.07, 6.45) is 2.79. The molecule has 1 saturated carbocycles. The van der Waals surface area contributed by atoms with Crippen molar-refractivity contribution >= 4 is 12.0 Å². The quantitative estimate of drug-likeness (QED) is 0.762. The SMILES string of the molecule is CN(C)C(=O)CC1(N2CCC(N[C@@H]3C[C@H]3c3ccccc3)CC2)CN(C(=O)O)C1. The van der Waals surface area contributed by atoms with Crippen LogP contribution in [0.5, 0.6) is 0 Å². The number of carbonyl (C=O) groups excluding carboxylic acids is 1. The van der Waals surface area contributed by atoms with Gasteiger partial charge in [0.15, 0.2) is 0 Å². The molecule has 3 fully saturated rings. The van der Waals surface area contributed by atoms with E-state index in [0.717, 1.165) is 25.9 Å². The van der Waals surface area contributed by atoms with Crippen molar-refractivity contribution in [1.82, 2.24) is 20.0 Å². The number of likely N-dealkylation sites (tertiary alicyclic amines) is 2. The minimum absolute atomic E-state index is 0.0685. The zero-order valence-electron chi connectivity index (χ0n) is 17.4. The van der Waals surface area contributed by atoms with Crippen molar-refractivity contribution in [3.63, 3.8) is 0 Å². The first-order chi connectivity index (χ1) is 13.9. The van der Waals surface area contributed by atoms with Crippen molar-refractivity contribution in [3.05, 3.63) is 35.9 Å². The summed E-state index contributed by atoms with van der Waals surface area (Å²) in [5.74, 6) is 0.702. The molecule has 2 saturated heterocycles. The van der Waals surface area contributed by atoms with Gasteiger partial charge in [0.1, 0.15) is 0 Å². The third-order valence-corrected chi connectivity index (χ3v) is 6.85. The van der Waals surface area contributed by atoms with Crippen molar-refractivity contribution in [2.75, 3.05) is 40.3 Å². The molecule has 1 aromatic carbocycles. The Morgan fingerprint density at radius 1 is 1.17 bits per heavy atom. The van der Waals surface area contributed by atoms with Crippen LogP contribution in [0.25, 0.3) is 0 Å².